The molecule has 1 atom stereocenters. The Bertz CT molecular complexity index is 736. The number of carbonyl (C=O) groups is 1. The minimum atomic E-state index is -0.430. The number of rotatable bonds is 4. The summed E-state index contributed by atoms with van der Waals surface area (Å²) in [7, 11) is 5.74. The molecular formula is C20H27N3O2. The fourth-order valence-electron chi connectivity index (χ4n) is 3.82. The second-order valence-electron chi connectivity index (χ2n) is 7.54. The molecule has 5 heteroatoms. The maximum Gasteiger partial charge on any atom is 0.230 e. The Morgan fingerprint density at radius 2 is 2.04 bits per heavy atom. The van der Waals surface area contributed by atoms with Crippen molar-refractivity contribution < 1.29 is 9.32 Å². The fourth-order valence-corrected chi connectivity index (χ4v) is 3.82. The summed E-state index contributed by atoms with van der Waals surface area (Å²) in [5, 5.41) is 4.22. The minimum absolute atomic E-state index is 0.173. The molecule has 1 saturated heterocycles. The molecule has 0 radical (unpaired) electrons. The largest absolute Gasteiger partial charge is 0.361 e. The topological polar surface area (TPSA) is 49.6 Å². The van der Waals surface area contributed by atoms with E-state index in [-0.39, 0.29) is 5.91 Å². The molecule has 5 nitrogen and oxygen atoms in total. The Hall–Kier alpha value is -2.14. The number of likely N-dealkylation sites (tertiary alicyclic amines) is 1. The van der Waals surface area contributed by atoms with Crippen LogP contribution in [0.1, 0.15) is 24.2 Å². The van der Waals surface area contributed by atoms with Crippen molar-refractivity contribution in [1.82, 2.24) is 15.0 Å². The van der Waals surface area contributed by atoms with Crippen LogP contribution in [0.25, 0.3) is 11.3 Å². The number of amides is 1. The molecule has 25 heavy (non-hydrogen) atoms. The van der Waals surface area contributed by atoms with E-state index >= 15 is 0 Å². The lowest BCUT2D eigenvalue weighted by atomic mass is 9.75. The molecular weight excluding hydrogens is 314 g/mol. The van der Waals surface area contributed by atoms with Crippen LogP contribution in [-0.2, 0) is 11.2 Å². The van der Waals surface area contributed by atoms with E-state index in [1.165, 1.54) is 5.56 Å². The number of carbonyl (C=O) groups excluding carboxylic acids is 1. The summed E-state index contributed by atoms with van der Waals surface area (Å²) in [5.74, 6) is 0.952. The van der Waals surface area contributed by atoms with Gasteiger partial charge in [0.1, 0.15) is 11.5 Å². The van der Waals surface area contributed by atoms with Crippen molar-refractivity contribution >= 4 is 5.91 Å². The van der Waals surface area contributed by atoms with E-state index < -0.39 is 5.41 Å². The molecule has 0 unspecified atom stereocenters. The number of aryl methyl sites for hydroxylation is 1. The predicted molar refractivity (Wildman–Crippen MR) is 98.2 cm³/mol. The van der Waals surface area contributed by atoms with Crippen LogP contribution in [0.3, 0.4) is 0 Å². The van der Waals surface area contributed by atoms with Crippen molar-refractivity contribution in [3.63, 3.8) is 0 Å². The Morgan fingerprint density at radius 3 is 2.68 bits per heavy atom. The van der Waals surface area contributed by atoms with Gasteiger partial charge < -0.3 is 14.3 Å². The highest BCUT2D eigenvalue weighted by Gasteiger charge is 2.43. The highest BCUT2D eigenvalue weighted by molar-refractivity contribution is 5.83. The normalized spacial score (nSPS) is 21.3. The number of aromatic nitrogens is 1. The summed E-state index contributed by atoms with van der Waals surface area (Å²) in [6, 6.07) is 10.2. The van der Waals surface area contributed by atoms with Gasteiger partial charge in [-0.3, -0.25) is 4.79 Å². The van der Waals surface area contributed by atoms with Crippen molar-refractivity contribution in [2.75, 3.05) is 34.2 Å². The first kappa shape index (κ1) is 17.7. The van der Waals surface area contributed by atoms with Crippen molar-refractivity contribution in [2.24, 2.45) is 5.41 Å². The molecule has 1 amide bonds. The summed E-state index contributed by atoms with van der Waals surface area (Å²) in [6.07, 6.45) is 2.50. The van der Waals surface area contributed by atoms with E-state index in [0.717, 1.165) is 42.9 Å². The Balaban J connectivity index is 1.85. The number of hydrogen-bond acceptors (Lipinski definition) is 4. The van der Waals surface area contributed by atoms with E-state index in [1.807, 2.05) is 32.3 Å². The van der Waals surface area contributed by atoms with Gasteiger partial charge in [-0.05, 0) is 33.4 Å². The van der Waals surface area contributed by atoms with Gasteiger partial charge in [0, 0.05) is 38.7 Å². The zero-order valence-electron chi connectivity index (χ0n) is 15.6. The monoisotopic (exact) mass is 341 g/mol. The second-order valence-corrected chi connectivity index (χ2v) is 7.54. The lowest BCUT2D eigenvalue weighted by Crippen LogP contribution is -2.51. The van der Waals surface area contributed by atoms with E-state index in [1.54, 1.807) is 4.90 Å². The van der Waals surface area contributed by atoms with Crippen LogP contribution < -0.4 is 0 Å². The highest BCUT2D eigenvalue weighted by atomic mass is 16.5. The first-order valence-corrected chi connectivity index (χ1v) is 8.83. The third-order valence-corrected chi connectivity index (χ3v) is 5.05. The van der Waals surface area contributed by atoms with Gasteiger partial charge in [-0.15, -0.1) is 0 Å². The molecule has 1 aliphatic rings. The molecule has 0 spiro atoms. The molecule has 0 aliphatic carbocycles. The average molecular weight is 341 g/mol. The maximum atomic E-state index is 12.9. The van der Waals surface area contributed by atoms with Crippen molar-refractivity contribution in [3.8, 4) is 11.3 Å². The molecule has 0 bridgehead atoms. The van der Waals surface area contributed by atoms with E-state index in [2.05, 4.69) is 36.2 Å². The van der Waals surface area contributed by atoms with Crippen LogP contribution in [0.5, 0.6) is 0 Å². The molecule has 1 aromatic carbocycles. The predicted octanol–water partition coefficient (Wildman–Crippen LogP) is 2.99. The van der Waals surface area contributed by atoms with Crippen molar-refractivity contribution in [1.29, 1.82) is 0 Å². The first-order chi connectivity index (χ1) is 11.9. The molecule has 0 saturated carbocycles. The molecule has 1 aromatic heterocycles. The fraction of sp³-hybridized carbons (Fsp3) is 0.500. The molecule has 1 aliphatic heterocycles. The van der Waals surface area contributed by atoms with Crippen LogP contribution in [-0.4, -0.2) is 55.1 Å². The lowest BCUT2D eigenvalue weighted by molar-refractivity contribution is -0.143. The van der Waals surface area contributed by atoms with Crippen molar-refractivity contribution in [3.05, 3.63) is 41.7 Å². The van der Waals surface area contributed by atoms with Crippen LogP contribution in [0.15, 0.2) is 34.9 Å². The minimum Gasteiger partial charge on any atom is -0.361 e. The zero-order chi connectivity index (χ0) is 18.0. The number of piperidine rings is 1. The van der Waals surface area contributed by atoms with Gasteiger partial charge in [-0.25, -0.2) is 0 Å². The summed E-state index contributed by atoms with van der Waals surface area (Å²) in [5.41, 5.74) is 2.65. The van der Waals surface area contributed by atoms with Gasteiger partial charge >= 0.3 is 0 Å². The van der Waals surface area contributed by atoms with E-state index in [0.29, 0.717) is 6.42 Å². The van der Waals surface area contributed by atoms with Crippen LogP contribution in [0.4, 0.5) is 0 Å². The number of nitrogens with zero attached hydrogens (tertiary/aromatic N) is 3. The van der Waals surface area contributed by atoms with E-state index in [4.69, 9.17) is 4.52 Å². The van der Waals surface area contributed by atoms with Crippen LogP contribution in [0.2, 0.25) is 0 Å². The quantitative estimate of drug-likeness (QED) is 0.858. The van der Waals surface area contributed by atoms with Gasteiger partial charge in [-0.1, -0.05) is 35.0 Å². The Morgan fingerprint density at radius 1 is 1.32 bits per heavy atom. The summed E-state index contributed by atoms with van der Waals surface area (Å²) >= 11 is 0. The molecule has 0 N–H and O–H groups in total. The Kier molecular flexibility index (Phi) is 4.95. The van der Waals surface area contributed by atoms with Gasteiger partial charge in [0.25, 0.3) is 0 Å². The summed E-state index contributed by atoms with van der Waals surface area (Å²) in [4.78, 5) is 16.9. The standard InChI is InChI=1S/C20H27N3O2/c1-15-6-8-16(9-7-15)18-12-17(25-21-18)13-20(19(24)22(2)3)10-5-11-23(4)14-20/h6-9,12H,5,10-11,13-14H2,1-4H3/t20-/m0/s1. The van der Waals surface area contributed by atoms with Crippen LogP contribution >= 0.6 is 0 Å². The Labute approximate surface area is 149 Å². The zero-order valence-corrected chi connectivity index (χ0v) is 15.6. The van der Waals surface area contributed by atoms with Gasteiger partial charge in [-0.2, -0.15) is 0 Å². The molecule has 2 aromatic rings. The van der Waals surface area contributed by atoms with E-state index in [9.17, 15) is 4.79 Å². The van der Waals surface area contributed by atoms with Crippen LogP contribution in [0, 0.1) is 12.3 Å². The average Bonchev–Trinajstić information content (AvgIpc) is 3.03. The molecule has 134 valence electrons. The number of hydrogen-bond donors (Lipinski definition) is 0. The smallest absolute Gasteiger partial charge is 0.230 e. The third-order valence-electron chi connectivity index (χ3n) is 5.05. The SMILES string of the molecule is Cc1ccc(-c2cc(C[C@@]3(C(=O)N(C)C)CCCN(C)C3)on2)cc1. The summed E-state index contributed by atoms with van der Waals surface area (Å²) in [6.45, 7) is 3.85. The first-order valence-electron chi connectivity index (χ1n) is 8.83. The molecule has 2 heterocycles. The van der Waals surface area contributed by atoms with Gasteiger partial charge in [0.2, 0.25) is 5.91 Å². The van der Waals surface area contributed by atoms with Gasteiger partial charge in [0.05, 0.1) is 5.41 Å². The molecule has 1 fully saturated rings. The molecule has 3 rings (SSSR count). The third kappa shape index (κ3) is 3.76. The second kappa shape index (κ2) is 7.00. The lowest BCUT2D eigenvalue weighted by Gasteiger charge is -2.41. The van der Waals surface area contributed by atoms with Crippen molar-refractivity contribution in [2.45, 2.75) is 26.2 Å². The van der Waals surface area contributed by atoms with Gasteiger partial charge in [0.15, 0.2) is 0 Å². The summed E-state index contributed by atoms with van der Waals surface area (Å²) < 4.78 is 5.60. The highest BCUT2D eigenvalue weighted by Crippen LogP contribution is 2.35. The maximum absolute atomic E-state index is 12.9. The number of benzene rings is 1.